The third-order valence-corrected chi connectivity index (χ3v) is 2.88. The van der Waals surface area contributed by atoms with Gasteiger partial charge in [0.1, 0.15) is 5.82 Å². The summed E-state index contributed by atoms with van der Waals surface area (Å²) in [7, 11) is 1.57. The molecule has 0 unspecified atom stereocenters. The largest absolute Gasteiger partial charge is 0.479 e. The summed E-state index contributed by atoms with van der Waals surface area (Å²) in [5.74, 6) is 1.31. The number of nitrogens with zero attached hydrogens (tertiary/aromatic N) is 1. The predicted octanol–water partition coefficient (Wildman–Crippen LogP) is 1.88. The van der Waals surface area contributed by atoms with Crippen molar-refractivity contribution in [2.24, 2.45) is 5.41 Å². The number of pyridine rings is 1. The van der Waals surface area contributed by atoms with Crippen molar-refractivity contribution < 1.29 is 4.74 Å². The molecule has 1 heterocycles. The number of anilines is 2. The van der Waals surface area contributed by atoms with Crippen LogP contribution in [0, 0.1) is 5.41 Å². The maximum atomic E-state index is 5.68. The van der Waals surface area contributed by atoms with Crippen LogP contribution in [0.3, 0.4) is 0 Å². The third-order valence-electron chi connectivity index (χ3n) is 2.88. The number of methoxy groups -OCH3 is 1. The molecule has 0 aromatic carbocycles. The number of hydrogen-bond donors (Lipinski definition) is 2. The van der Waals surface area contributed by atoms with Crippen LogP contribution in [0.25, 0.3) is 0 Å². The van der Waals surface area contributed by atoms with Gasteiger partial charge in [-0.2, -0.15) is 4.98 Å². The molecule has 1 aromatic rings. The van der Waals surface area contributed by atoms with E-state index in [1.54, 1.807) is 7.11 Å². The molecule has 1 aromatic heterocycles. The molecule has 15 heavy (non-hydrogen) atoms. The minimum absolute atomic E-state index is 0.469. The Morgan fingerprint density at radius 2 is 2.27 bits per heavy atom. The van der Waals surface area contributed by atoms with E-state index in [1.807, 2.05) is 12.1 Å². The Morgan fingerprint density at radius 3 is 2.87 bits per heavy atom. The van der Waals surface area contributed by atoms with E-state index in [1.165, 1.54) is 12.8 Å². The quantitative estimate of drug-likeness (QED) is 0.791. The van der Waals surface area contributed by atoms with Crippen LogP contribution in [-0.2, 0) is 0 Å². The van der Waals surface area contributed by atoms with Crippen LogP contribution in [-0.4, -0.2) is 18.6 Å². The van der Waals surface area contributed by atoms with Crippen LogP contribution in [0.1, 0.15) is 19.8 Å². The smallest absolute Gasteiger partial charge is 0.238 e. The second kappa shape index (κ2) is 3.61. The molecule has 1 fully saturated rings. The van der Waals surface area contributed by atoms with Gasteiger partial charge in [-0.25, -0.2) is 0 Å². The van der Waals surface area contributed by atoms with E-state index in [9.17, 15) is 0 Å². The number of hydrogen-bond acceptors (Lipinski definition) is 4. The van der Waals surface area contributed by atoms with Crippen LogP contribution in [0.5, 0.6) is 5.88 Å². The highest BCUT2D eigenvalue weighted by Crippen LogP contribution is 2.44. The van der Waals surface area contributed by atoms with Gasteiger partial charge in [0.2, 0.25) is 5.88 Å². The Balaban J connectivity index is 2.01. The number of rotatable bonds is 4. The average molecular weight is 207 g/mol. The number of nitrogen functional groups attached to an aromatic ring is 1. The SMILES string of the molecule is COc1nc(NCC2(C)CC2)ccc1N. The van der Waals surface area contributed by atoms with Crippen molar-refractivity contribution in [2.45, 2.75) is 19.8 Å². The van der Waals surface area contributed by atoms with E-state index < -0.39 is 0 Å². The fourth-order valence-electron chi connectivity index (χ4n) is 1.41. The zero-order valence-electron chi connectivity index (χ0n) is 9.21. The highest BCUT2D eigenvalue weighted by atomic mass is 16.5. The minimum atomic E-state index is 0.469. The highest BCUT2D eigenvalue weighted by Gasteiger charge is 2.36. The fourth-order valence-corrected chi connectivity index (χ4v) is 1.41. The van der Waals surface area contributed by atoms with E-state index >= 15 is 0 Å². The van der Waals surface area contributed by atoms with Crippen LogP contribution >= 0.6 is 0 Å². The molecular formula is C11H17N3O. The number of ether oxygens (including phenoxy) is 1. The highest BCUT2D eigenvalue weighted by molar-refractivity contribution is 5.53. The monoisotopic (exact) mass is 207 g/mol. The van der Waals surface area contributed by atoms with Crippen molar-refractivity contribution in [1.82, 2.24) is 4.98 Å². The van der Waals surface area contributed by atoms with Crippen molar-refractivity contribution in [3.8, 4) is 5.88 Å². The van der Waals surface area contributed by atoms with Gasteiger partial charge in [0.15, 0.2) is 0 Å². The van der Waals surface area contributed by atoms with Crippen molar-refractivity contribution in [1.29, 1.82) is 0 Å². The summed E-state index contributed by atoms with van der Waals surface area (Å²) in [6, 6.07) is 3.69. The molecule has 0 spiro atoms. The number of nitrogens with one attached hydrogen (secondary N) is 1. The van der Waals surface area contributed by atoms with Crippen molar-refractivity contribution in [3.05, 3.63) is 12.1 Å². The molecule has 0 saturated heterocycles. The number of nitrogens with two attached hydrogens (primary N) is 1. The Labute approximate surface area is 89.8 Å². The summed E-state index contributed by atoms with van der Waals surface area (Å²) in [4.78, 5) is 4.26. The van der Waals surface area contributed by atoms with Crippen LogP contribution in [0.2, 0.25) is 0 Å². The first-order valence-electron chi connectivity index (χ1n) is 5.17. The first kappa shape index (κ1) is 10.1. The lowest BCUT2D eigenvalue weighted by molar-refractivity contribution is 0.400. The van der Waals surface area contributed by atoms with Crippen molar-refractivity contribution in [2.75, 3.05) is 24.7 Å². The van der Waals surface area contributed by atoms with Gasteiger partial charge in [-0.05, 0) is 30.4 Å². The Morgan fingerprint density at radius 1 is 1.53 bits per heavy atom. The lowest BCUT2D eigenvalue weighted by atomic mass is 10.1. The van der Waals surface area contributed by atoms with Gasteiger partial charge in [0, 0.05) is 6.54 Å². The Kier molecular flexibility index (Phi) is 2.42. The minimum Gasteiger partial charge on any atom is -0.479 e. The number of aromatic nitrogens is 1. The maximum absolute atomic E-state index is 5.68. The van der Waals surface area contributed by atoms with Crippen molar-refractivity contribution in [3.63, 3.8) is 0 Å². The predicted molar refractivity (Wildman–Crippen MR) is 61.0 cm³/mol. The molecule has 82 valence electrons. The van der Waals surface area contributed by atoms with E-state index in [0.717, 1.165) is 12.4 Å². The molecule has 0 radical (unpaired) electrons. The van der Waals surface area contributed by atoms with Gasteiger partial charge < -0.3 is 15.8 Å². The first-order valence-corrected chi connectivity index (χ1v) is 5.17. The molecule has 1 aliphatic rings. The van der Waals surface area contributed by atoms with Gasteiger partial charge in [-0.3, -0.25) is 0 Å². The normalized spacial score (nSPS) is 17.2. The maximum Gasteiger partial charge on any atom is 0.238 e. The lowest BCUT2D eigenvalue weighted by Crippen LogP contribution is -2.13. The van der Waals surface area contributed by atoms with Gasteiger partial charge in [0.05, 0.1) is 12.8 Å². The fraction of sp³-hybridized carbons (Fsp3) is 0.545. The average Bonchev–Trinajstić information content (AvgIpc) is 2.96. The lowest BCUT2D eigenvalue weighted by Gasteiger charge is -2.11. The Hall–Kier alpha value is -1.45. The van der Waals surface area contributed by atoms with Crippen LogP contribution < -0.4 is 15.8 Å². The van der Waals surface area contributed by atoms with Gasteiger partial charge in [-0.15, -0.1) is 0 Å². The molecule has 1 aliphatic carbocycles. The van der Waals surface area contributed by atoms with Gasteiger partial charge >= 0.3 is 0 Å². The standard InChI is InChI=1S/C11H17N3O/c1-11(5-6-11)7-13-9-4-3-8(12)10(14-9)15-2/h3-4H,5-7,12H2,1-2H3,(H,13,14). The second-order valence-corrected chi connectivity index (χ2v) is 4.46. The third kappa shape index (κ3) is 2.32. The van der Waals surface area contributed by atoms with E-state index in [0.29, 0.717) is 17.0 Å². The van der Waals surface area contributed by atoms with Crippen LogP contribution in [0.15, 0.2) is 12.1 Å². The second-order valence-electron chi connectivity index (χ2n) is 4.46. The van der Waals surface area contributed by atoms with E-state index in [4.69, 9.17) is 10.5 Å². The summed E-state index contributed by atoms with van der Waals surface area (Å²) in [6.07, 6.45) is 2.60. The molecular weight excluding hydrogens is 190 g/mol. The Bertz CT molecular complexity index is 361. The molecule has 4 nitrogen and oxygen atoms in total. The summed E-state index contributed by atoms with van der Waals surface area (Å²) >= 11 is 0. The van der Waals surface area contributed by atoms with Crippen molar-refractivity contribution >= 4 is 11.5 Å². The first-order chi connectivity index (χ1) is 7.13. The topological polar surface area (TPSA) is 60.2 Å². The zero-order chi connectivity index (χ0) is 10.9. The van der Waals surface area contributed by atoms with Gasteiger partial charge in [0.25, 0.3) is 0 Å². The van der Waals surface area contributed by atoms with Crippen LogP contribution in [0.4, 0.5) is 11.5 Å². The molecule has 2 rings (SSSR count). The summed E-state index contributed by atoms with van der Waals surface area (Å²) in [5.41, 5.74) is 6.72. The molecule has 4 heteroatoms. The summed E-state index contributed by atoms with van der Waals surface area (Å²) in [5, 5.41) is 3.30. The zero-order valence-corrected chi connectivity index (χ0v) is 9.21. The molecule has 0 bridgehead atoms. The molecule has 0 amide bonds. The van der Waals surface area contributed by atoms with E-state index in [-0.39, 0.29) is 0 Å². The van der Waals surface area contributed by atoms with E-state index in [2.05, 4.69) is 17.2 Å². The molecule has 1 saturated carbocycles. The molecule has 0 aliphatic heterocycles. The molecule has 0 atom stereocenters. The summed E-state index contributed by atoms with van der Waals surface area (Å²) in [6.45, 7) is 3.24. The summed E-state index contributed by atoms with van der Waals surface area (Å²) < 4.78 is 5.06. The molecule has 3 N–H and O–H groups in total. The van der Waals surface area contributed by atoms with Gasteiger partial charge in [-0.1, -0.05) is 6.92 Å².